The number of thioether (sulfide) groups is 1. The van der Waals surface area contributed by atoms with Crippen molar-refractivity contribution in [3.05, 3.63) is 53.9 Å². The Hall–Kier alpha value is -1.59. The van der Waals surface area contributed by atoms with Crippen LogP contribution < -0.4 is 10.5 Å². The summed E-state index contributed by atoms with van der Waals surface area (Å²) in [5.41, 5.74) is 7.15. The van der Waals surface area contributed by atoms with Crippen molar-refractivity contribution in [2.75, 3.05) is 6.26 Å². The van der Waals surface area contributed by atoms with Crippen molar-refractivity contribution in [2.24, 2.45) is 5.73 Å². The molecule has 2 aromatic rings. The second kappa shape index (κ2) is 6.54. The molecule has 0 atom stereocenters. The molecule has 0 unspecified atom stereocenters. The first kappa shape index (κ1) is 13.8. The summed E-state index contributed by atoms with van der Waals surface area (Å²) in [7, 11) is 0. The van der Waals surface area contributed by atoms with Gasteiger partial charge in [-0.3, -0.25) is 4.98 Å². The molecule has 2 N–H and O–H groups in total. The van der Waals surface area contributed by atoms with Gasteiger partial charge >= 0.3 is 0 Å². The molecule has 0 aliphatic heterocycles. The monoisotopic (exact) mass is 290 g/mol. The SMILES string of the molecule is CSc1ccc(OCc2cccnc2C(N)=S)cc1. The molecule has 0 saturated heterocycles. The van der Waals surface area contributed by atoms with Gasteiger partial charge in [-0.1, -0.05) is 18.3 Å². The molecule has 0 spiro atoms. The molecule has 0 bridgehead atoms. The Morgan fingerprint density at radius 1 is 1.32 bits per heavy atom. The fourth-order valence-electron chi connectivity index (χ4n) is 1.61. The van der Waals surface area contributed by atoms with Crippen LogP contribution in [0.15, 0.2) is 47.5 Å². The third kappa shape index (κ3) is 3.68. The van der Waals surface area contributed by atoms with E-state index in [2.05, 4.69) is 4.98 Å². The lowest BCUT2D eigenvalue weighted by Gasteiger charge is -2.09. The molecular formula is C14H14N2OS2. The Kier molecular flexibility index (Phi) is 4.76. The van der Waals surface area contributed by atoms with Crippen molar-refractivity contribution in [1.29, 1.82) is 0 Å². The minimum Gasteiger partial charge on any atom is -0.489 e. The maximum Gasteiger partial charge on any atom is 0.123 e. The van der Waals surface area contributed by atoms with Crippen LogP contribution in [0.1, 0.15) is 11.3 Å². The quantitative estimate of drug-likeness (QED) is 0.677. The maximum atomic E-state index is 5.72. The fraction of sp³-hybridized carbons (Fsp3) is 0.143. The second-order valence-electron chi connectivity index (χ2n) is 3.84. The fourth-order valence-corrected chi connectivity index (χ4v) is 2.20. The molecule has 3 nitrogen and oxygen atoms in total. The van der Waals surface area contributed by atoms with Crippen LogP contribution in [0, 0.1) is 0 Å². The number of rotatable bonds is 5. The van der Waals surface area contributed by atoms with Crippen molar-refractivity contribution in [3.8, 4) is 5.75 Å². The van der Waals surface area contributed by atoms with Gasteiger partial charge in [-0.25, -0.2) is 0 Å². The number of ether oxygens (including phenoxy) is 1. The van der Waals surface area contributed by atoms with Crippen LogP contribution in [-0.2, 0) is 6.61 Å². The summed E-state index contributed by atoms with van der Waals surface area (Å²) in [5.74, 6) is 0.815. The predicted molar refractivity (Wildman–Crippen MR) is 82.7 cm³/mol. The molecule has 0 aliphatic carbocycles. The Balaban J connectivity index is 2.07. The first-order valence-corrected chi connectivity index (χ1v) is 7.34. The zero-order valence-electron chi connectivity index (χ0n) is 10.5. The van der Waals surface area contributed by atoms with E-state index >= 15 is 0 Å². The van der Waals surface area contributed by atoms with Gasteiger partial charge in [0.25, 0.3) is 0 Å². The van der Waals surface area contributed by atoms with E-state index in [0.29, 0.717) is 12.3 Å². The largest absolute Gasteiger partial charge is 0.489 e. The molecule has 0 aliphatic rings. The predicted octanol–water partition coefficient (Wildman–Crippen LogP) is 3.02. The number of thiocarbonyl (C=S) groups is 1. The van der Waals surface area contributed by atoms with Gasteiger partial charge in [-0.2, -0.15) is 0 Å². The van der Waals surface area contributed by atoms with Gasteiger partial charge in [0.15, 0.2) is 0 Å². The minimum atomic E-state index is 0.289. The summed E-state index contributed by atoms with van der Waals surface area (Å²) in [6.45, 7) is 0.402. The lowest BCUT2D eigenvalue weighted by molar-refractivity contribution is 0.305. The molecule has 0 amide bonds. The van der Waals surface area contributed by atoms with E-state index in [9.17, 15) is 0 Å². The molecule has 1 aromatic carbocycles. The minimum absolute atomic E-state index is 0.289. The molecule has 2 rings (SSSR count). The van der Waals surface area contributed by atoms with Crippen molar-refractivity contribution in [1.82, 2.24) is 4.98 Å². The lowest BCUT2D eigenvalue weighted by Crippen LogP contribution is -2.15. The second-order valence-corrected chi connectivity index (χ2v) is 5.16. The standard InChI is InChI=1S/C14H14N2OS2/c1-19-12-6-4-11(5-7-12)17-9-10-3-2-8-16-13(10)14(15)18/h2-8H,9H2,1H3,(H2,15,18). The Morgan fingerprint density at radius 2 is 2.05 bits per heavy atom. The lowest BCUT2D eigenvalue weighted by atomic mass is 10.2. The van der Waals surface area contributed by atoms with Crippen LogP contribution in [0.5, 0.6) is 5.75 Å². The highest BCUT2D eigenvalue weighted by Crippen LogP contribution is 2.20. The molecular weight excluding hydrogens is 276 g/mol. The summed E-state index contributed by atoms with van der Waals surface area (Å²) in [5, 5.41) is 0. The number of hydrogen-bond donors (Lipinski definition) is 1. The molecule has 0 saturated carbocycles. The van der Waals surface area contributed by atoms with Gasteiger partial charge in [-0.05, 0) is 36.6 Å². The first-order valence-electron chi connectivity index (χ1n) is 5.71. The summed E-state index contributed by atoms with van der Waals surface area (Å²) in [6, 6.07) is 11.7. The van der Waals surface area contributed by atoms with Gasteiger partial charge in [0.1, 0.15) is 23.0 Å². The van der Waals surface area contributed by atoms with E-state index in [1.165, 1.54) is 4.90 Å². The van der Waals surface area contributed by atoms with Gasteiger partial charge in [0, 0.05) is 16.7 Å². The summed E-state index contributed by atoms with van der Waals surface area (Å²) < 4.78 is 5.72. The van der Waals surface area contributed by atoms with E-state index in [1.807, 2.05) is 42.7 Å². The van der Waals surface area contributed by atoms with Crippen LogP contribution in [0.25, 0.3) is 0 Å². The van der Waals surface area contributed by atoms with Crippen molar-refractivity contribution >= 4 is 29.0 Å². The van der Waals surface area contributed by atoms with Crippen LogP contribution >= 0.6 is 24.0 Å². The molecule has 5 heteroatoms. The zero-order chi connectivity index (χ0) is 13.7. The smallest absolute Gasteiger partial charge is 0.123 e. The Morgan fingerprint density at radius 3 is 2.68 bits per heavy atom. The highest BCUT2D eigenvalue weighted by molar-refractivity contribution is 7.98. The maximum absolute atomic E-state index is 5.72. The average molecular weight is 290 g/mol. The number of nitrogens with two attached hydrogens (primary N) is 1. The van der Waals surface area contributed by atoms with E-state index in [0.717, 1.165) is 11.3 Å². The van der Waals surface area contributed by atoms with Gasteiger partial charge < -0.3 is 10.5 Å². The normalized spacial score (nSPS) is 10.2. The Labute approximate surface area is 122 Å². The van der Waals surface area contributed by atoms with Crippen molar-refractivity contribution in [2.45, 2.75) is 11.5 Å². The summed E-state index contributed by atoms with van der Waals surface area (Å²) >= 11 is 6.67. The number of nitrogens with zero attached hydrogens (tertiary/aromatic N) is 1. The molecule has 0 fully saturated rings. The molecule has 1 aromatic heterocycles. The van der Waals surface area contributed by atoms with Crippen LogP contribution in [-0.4, -0.2) is 16.2 Å². The van der Waals surface area contributed by atoms with Crippen LogP contribution in [0.2, 0.25) is 0 Å². The highest BCUT2D eigenvalue weighted by atomic mass is 32.2. The number of aromatic nitrogens is 1. The summed E-state index contributed by atoms with van der Waals surface area (Å²) in [4.78, 5) is 5.66. The Bertz CT molecular complexity index is 570. The topological polar surface area (TPSA) is 48.1 Å². The van der Waals surface area contributed by atoms with E-state index in [1.54, 1.807) is 18.0 Å². The molecule has 1 heterocycles. The molecule has 98 valence electrons. The highest BCUT2D eigenvalue weighted by Gasteiger charge is 2.06. The van der Waals surface area contributed by atoms with Gasteiger partial charge in [0.05, 0.1) is 0 Å². The van der Waals surface area contributed by atoms with Gasteiger partial charge in [0.2, 0.25) is 0 Å². The van der Waals surface area contributed by atoms with Crippen LogP contribution in [0.3, 0.4) is 0 Å². The third-order valence-corrected chi connectivity index (χ3v) is 3.52. The van der Waals surface area contributed by atoms with E-state index in [4.69, 9.17) is 22.7 Å². The number of benzene rings is 1. The molecule has 0 radical (unpaired) electrons. The third-order valence-electron chi connectivity index (χ3n) is 2.58. The van der Waals surface area contributed by atoms with Crippen molar-refractivity contribution in [3.63, 3.8) is 0 Å². The van der Waals surface area contributed by atoms with E-state index < -0.39 is 0 Å². The van der Waals surface area contributed by atoms with Gasteiger partial charge in [-0.15, -0.1) is 11.8 Å². The average Bonchev–Trinajstić information content (AvgIpc) is 2.46. The summed E-state index contributed by atoms with van der Waals surface area (Å²) in [6.07, 6.45) is 3.71. The number of pyridine rings is 1. The first-order chi connectivity index (χ1) is 9.20. The molecule has 19 heavy (non-hydrogen) atoms. The van der Waals surface area contributed by atoms with Crippen LogP contribution in [0.4, 0.5) is 0 Å². The van der Waals surface area contributed by atoms with Crippen molar-refractivity contribution < 1.29 is 4.74 Å². The number of hydrogen-bond acceptors (Lipinski definition) is 4. The zero-order valence-corrected chi connectivity index (χ0v) is 12.1. The van der Waals surface area contributed by atoms with E-state index in [-0.39, 0.29) is 4.99 Å².